The monoisotopic (exact) mass is 417 g/mol. The van der Waals surface area contributed by atoms with Gasteiger partial charge in [-0.2, -0.15) is 0 Å². The summed E-state index contributed by atoms with van der Waals surface area (Å²) < 4.78 is 6.66. The van der Waals surface area contributed by atoms with Crippen LogP contribution in [0.2, 0.25) is 0 Å². The van der Waals surface area contributed by atoms with Crippen LogP contribution in [0.5, 0.6) is 5.75 Å². The van der Waals surface area contributed by atoms with E-state index in [1.54, 1.807) is 19.6 Å². The lowest BCUT2D eigenvalue weighted by atomic mass is 9.91. The van der Waals surface area contributed by atoms with Crippen LogP contribution in [0.25, 0.3) is 0 Å². The van der Waals surface area contributed by atoms with Crippen molar-refractivity contribution in [3.8, 4) is 5.75 Å². The summed E-state index contributed by atoms with van der Waals surface area (Å²) in [6.45, 7) is 6.77. The van der Waals surface area contributed by atoms with E-state index in [1.807, 2.05) is 5.32 Å². The van der Waals surface area contributed by atoms with Crippen LogP contribution in [0.4, 0.5) is 4.79 Å². The molecule has 0 radical (unpaired) electrons. The van der Waals surface area contributed by atoms with Gasteiger partial charge in [-0.25, -0.2) is 0 Å². The third-order valence-electron chi connectivity index (χ3n) is 4.47. The summed E-state index contributed by atoms with van der Waals surface area (Å²) >= 11 is 2.37. The predicted molar refractivity (Wildman–Crippen MR) is 92.3 cm³/mol. The highest BCUT2D eigenvalue weighted by atomic mass is 127. The first-order valence-corrected chi connectivity index (χ1v) is 8.60. The van der Waals surface area contributed by atoms with Crippen molar-refractivity contribution in [3.05, 3.63) is 26.8 Å². The van der Waals surface area contributed by atoms with Crippen molar-refractivity contribution in [2.45, 2.75) is 25.7 Å². The lowest BCUT2D eigenvalue weighted by Crippen LogP contribution is -2.35. The third-order valence-corrected chi connectivity index (χ3v) is 5.31. The fraction of sp³-hybridized carbons (Fsp3) is 0.562. The van der Waals surface area contributed by atoms with Gasteiger partial charge >= 0.3 is 0 Å². The van der Waals surface area contributed by atoms with Gasteiger partial charge in [0, 0.05) is 19.0 Å². The second kappa shape index (κ2) is 7.50. The Hall–Kier alpha value is -1.02. The minimum atomic E-state index is -1.21. The number of rotatable bonds is 2. The van der Waals surface area contributed by atoms with Crippen LogP contribution >= 0.6 is 22.6 Å². The minimum absolute atomic E-state index is 0.419. The summed E-state index contributed by atoms with van der Waals surface area (Å²) in [5.41, 5.74) is 3.06. The number of fused-ring (bicyclic) bond motifs is 3. The van der Waals surface area contributed by atoms with Crippen molar-refractivity contribution in [2.75, 3.05) is 26.7 Å². The number of nitrogens with one attached hydrogen (secondary N) is 2. The van der Waals surface area contributed by atoms with E-state index >= 15 is 0 Å². The van der Waals surface area contributed by atoms with Crippen LogP contribution in [-0.2, 0) is 0 Å². The van der Waals surface area contributed by atoms with Gasteiger partial charge in [0.25, 0.3) is 0 Å². The molecule has 3 unspecified atom stereocenters. The molecule has 6 heteroatoms. The number of amides is 1. The standard InChI is InChI=1S/C13H16INO.C3H7NO2/c1-7-8-3-12(14)13(16-2)4-9(8)11-6-15-5-10(7)11;1-2-4-3(5)6/h3-4,7,10-11,15H,5-6H2,1-2H3;4H,2H2,1H3,(H,5,6)/p-1. The molecule has 0 spiro atoms. The second-order valence-corrected chi connectivity index (χ2v) is 6.81. The number of hydrogen-bond acceptors (Lipinski definition) is 4. The van der Waals surface area contributed by atoms with Crippen LogP contribution in [0, 0.1) is 9.49 Å². The Labute approximate surface area is 145 Å². The maximum Gasteiger partial charge on any atom is 0.134 e. The summed E-state index contributed by atoms with van der Waals surface area (Å²) in [7, 11) is 1.76. The zero-order chi connectivity index (χ0) is 16.3. The molecule has 1 aliphatic carbocycles. The molecule has 1 aromatic rings. The molecule has 122 valence electrons. The van der Waals surface area contributed by atoms with Crippen LogP contribution in [-0.4, -0.2) is 32.8 Å². The molecule has 1 fully saturated rings. The molecule has 3 atom stereocenters. The number of ether oxygens (including phenoxy) is 1. The second-order valence-electron chi connectivity index (χ2n) is 5.65. The van der Waals surface area contributed by atoms with Crippen molar-refractivity contribution in [1.29, 1.82) is 0 Å². The van der Waals surface area contributed by atoms with Gasteiger partial charge in [-0.05, 0) is 71.2 Å². The summed E-state index contributed by atoms with van der Waals surface area (Å²) in [6.07, 6.45) is -1.21. The Morgan fingerprint density at radius 2 is 2.18 bits per heavy atom. The third kappa shape index (κ3) is 3.48. The molecular weight excluding hydrogens is 395 g/mol. The molecule has 3 rings (SSSR count). The molecule has 0 aromatic heterocycles. The van der Waals surface area contributed by atoms with Gasteiger partial charge in [-0.3, -0.25) is 0 Å². The van der Waals surface area contributed by atoms with E-state index < -0.39 is 6.09 Å². The van der Waals surface area contributed by atoms with Gasteiger partial charge in [0.1, 0.15) is 11.8 Å². The lowest BCUT2D eigenvalue weighted by Gasteiger charge is -2.12. The van der Waals surface area contributed by atoms with Gasteiger partial charge in [0.15, 0.2) is 0 Å². The molecule has 1 heterocycles. The van der Waals surface area contributed by atoms with Gasteiger partial charge in [0.05, 0.1) is 10.7 Å². The fourth-order valence-electron chi connectivity index (χ4n) is 3.40. The predicted octanol–water partition coefficient (Wildman–Crippen LogP) is 1.66. The lowest BCUT2D eigenvalue weighted by molar-refractivity contribution is -0.250. The van der Waals surface area contributed by atoms with E-state index in [2.05, 4.69) is 47.0 Å². The smallest absolute Gasteiger partial charge is 0.134 e. The normalized spacial score (nSPS) is 24.8. The van der Waals surface area contributed by atoms with Gasteiger partial charge in [-0.15, -0.1) is 0 Å². The van der Waals surface area contributed by atoms with Crippen molar-refractivity contribution in [2.24, 2.45) is 5.92 Å². The van der Waals surface area contributed by atoms with E-state index in [0.29, 0.717) is 18.4 Å². The fourth-order valence-corrected chi connectivity index (χ4v) is 4.11. The maximum atomic E-state index is 9.38. The van der Waals surface area contributed by atoms with E-state index in [0.717, 1.165) is 18.2 Å². The number of carbonyl (C=O) groups is 1. The molecule has 22 heavy (non-hydrogen) atoms. The highest BCUT2D eigenvalue weighted by molar-refractivity contribution is 14.1. The van der Waals surface area contributed by atoms with Gasteiger partial charge in [-0.1, -0.05) is 6.92 Å². The molecule has 1 saturated heterocycles. The Bertz CT molecular complexity index is 550. The van der Waals surface area contributed by atoms with Crippen LogP contribution in [0.3, 0.4) is 0 Å². The van der Waals surface area contributed by atoms with E-state index in [4.69, 9.17) is 4.74 Å². The Balaban J connectivity index is 0.000000254. The summed E-state index contributed by atoms with van der Waals surface area (Å²) in [6, 6.07) is 4.57. The zero-order valence-corrected chi connectivity index (χ0v) is 15.3. The van der Waals surface area contributed by atoms with Crippen LogP contribution in [0.15, 0.2) is 12.1 Å². The van der Waals surface area contributed by atoms with E-state index in [1.165, 1.54) is 15.7 Å². The Morgan fingerprint density at radius 3 is 2.73 bits per heavy atom. The van der Waals surface area contributed by atoms with Gasteiger partial charge in [0.2, 0.25) is 0 Å². The molecule has 1 amide bonds. The molecule has 1 aliphatic heterocycles. The van der Waals surface area contributed by atoms with Crippen molar-refractivity contribution < 1.29 is 14.6 Å². The molecule has 0 saturated carbocycles. The first kappa shape index (κ1) is 17.3. The zero-order valence-electron chi connectivity index (χ0n) is 13.1. The molecule has 5 nitrogen and oxygen atoms in total. The number of hydrogen-bond donors (Lipinski definition) is 2. The number of halogens is 1. The summed E-state index contributed by atoms with van der Waals surface area (Å²) in [4.78, 5) is 9.38. The van der Waals surface area contributed by atoms with Crippen molar-refractivity contribution in [1.82, 2.24) is 10.6 Å². The number of benzene rings is 1. The SMILES string of the molecule is CCNC(=O)[O-].COc1cc2c(cc1I)C(C)C1CNCC21. The van der Waals surface area contributed by atoms with Crippen LogP contribution < -0.4 is 20.5 Å². The van der Waals surface area contributed by atoms with E-state index in [-0.39, 0.29) is 0 Å². The molecule has 2 aliphatic rings. The molecular formula is C16H22IN2O3-. The highest BCUT2D eigenvalue weighted by Gasteiger charge is 2.41. The molecule has 1 aromatic carbocycles. The van der Waals surface area contributed by atoms with Crippen molar-refractivity contribution in [3.63, 3.8) is 0 Å². The largest absolute Gasteiger partial charge is 0.530 e. The topological polar surface area (TPSA) is 73.4 Å². The average molecular weight is 417 g/mol. The first-order chi connectivity index (χ1) is 10.5. The number of methoxy groups -OCH3 is 1. The summed E-state index contributed by atoms with van der Waals surface area (Å²) in [5.74, 6) is 3.21. The Morgan fingerprint density at radius 1 is 1.45 bits per heavy atom. The van der Waals surface area contributed by atoms with Crippen LogP contribution in [0.1, 0.15) is 36.8 Å². The summed E-state index contributed by atoms with van der Waals surface area (Å²) in [5, 5.41) is 14.9. The number of carboxylic acid groups (broad SMARTS) is 1. The average Bonchev–Trinajstić information content (AvgIpc) is 3.03. The first-order valence-electron chi connectivity index (χ1n) is 7.52. The number of carbonyl (C=O) groups excluding carboxylic acids is 1. The Kier molecular flexibility index (Phi) is 5.91. The van der Waals surface area contributed by atoms with Crippen molar-refractivity contribution >= 4 is 28.7 Å². The van der Waals surface area contributed by atoms with Gasteiger partial charge < -0.3 is 25.3 Å². The quantitative estimate of drug-likeness (QED) is 0.719. The van der Waals surface area contributed by atoms with E-state index in [9.17, 15) is 9.90 Å². The maximum absolute atomic E-state index is 9.38. The molecule has 2 N–H and O–H groups in total. The molecule has 0 bridgehead atoms. The minimum Gasteiger partial charge on any atom is -0.530 e. The highest BCUT2D eigenvalue weighted by Crippen LogP contribution is 2.49.